The minimum absolute atomic E-state index is 0.191. The zero-order valence-electron chi connectivity index (χ0n) is 13.3. The van der Waals surface area contributed by atoms with Crippen LogP contribution in [0.15, 0.2) is 18.2 Å². The number of hydrogen-bond donors (Lipinski definition) is 1. The molecule has 1 aliphatic rings. The van der Waals surface area contributed by atoms with Crippen molar-refractivity contribution in [2.45, 2.75) is 32.7 Å². The normalized spacial score (nSPS) is 18.5. The number of likely N-dealkylation sites (tertiary alicyclic amines) is 1. The molecule has 2 atom stereocenters. The van der Waals surface area contributed by atoms with E-state index >= 15 is 0 Å². The lowest BCUT2D eigenvalue weighted by Crippen LogP contribution is -2.32. The van der Waals surface area contributed by atoms with Gasteiger partial charge < -0.3 is 14.6 Å². The van der Waals surface area contributed by atoms with Gasteiger partial charge in [0, 0.05) is 12.6 Å². The second-order valence-corrected chi connectivity index (χ2v) is 5.69. The molecule has 1 aliphatic heterocycles. The number of rotatable bonds is 7. The van der Waals surface area contributed by atoms with E-state index in [1.54, 1.807) is 7.11 Å². The quantitative estimate of drug-likeness (QED) is 0.839. The van der Waals surface area contributed by atoms with Crippen molar-refractivity contribution in [1.82, 2.24) is 4.90 Å². The standard InChI is InChI=1S/C17H27NO3/c1-4-21-15-8-7-14(11-16(15)20-3)17(13(2)12-19)18-9-5-6-10-18/h7-8,11,13,17,19H,4-6,9-10,12H2,1-3H3. The zero-order chi connectivity index (χ0) is 15.2. The summed E-state index contributed by atoms with van der Waals surface area (Å²) in [6.07, 6.45) is 2.48. The van der Waals surface area contributed by atoms with Crippen molar-refractivity contribution in [1.29, 1.82) is 0 Å². The molecule has 21 heavy (non-hydrogen) atoms. The summed E-state index contributed by atoms with van der Waals surface area (Å²) in [6.45, 7) is 7.09. The lowest BCUT2D eigenvalue weighted by molar-refractivity contribution is 0.125. The molecule has 1 heterocycles. The number of ether oxygens (including phenoxy) is 2. The Morgan fingerprint density at radius 2 is 1.95 bits per heavy atom. The average molecular weight is 293 g/mol. The molecule has 0 spiro atoms. The van der Waals surface area contributed by atoms with Crippen LogP contribution in [0.2, 0.25) is 0 Å². The monoisotopic (exact) mass is 293 g/mol. The molecule has 2 unspecified atom stereocenters. The van der Waals surface area contributed by atoms with Gasteiger partial charge in [0.15, 0.2) is 11.5 Å². The van der Waals surface area contributed by atoms with E-state index in [1.165, 1.54) is 18.4 Å². The van der Waals surface area contributed by atoms with Crippen molar-refractivity contribution < 1.29 is 14.6 Å². The van der Waals surface area contributed by atoms with E-state index in [9.17, 15) is 5.11 Å². The maximum atomic E-state index is 9.61. The van der Waals surface area contributed by atoms with Crippen molar-refractivity contribution in [2.75, 3.05) is 33.4 Å². The van der Waals surface area contributed by atoms with Gasteiger partial charge in [-0.1, -0.05) is 13.0 Å². The first kappa shape index (κ1) is 16.1. The van der Waals surface area contributed by atoms with Crippen molar-refractivity contribution in [3.05, 3.63) is 23.8 Å². The van der Waals surface area contributed by atoms with Crippen LogP contribution in [-0.4, -0.2) is 43.4 Å². The Morgan fingerprint density at radius 1 is 1.24 bits per heavy atom. The van der Waals surface area contributed by atoms with Crippen molar-refractivity contribution >= 4 is 0 Å². The van der Waals surface area contributed by atoms with E-state index in [0.29, 0.717) is 6.61 Å². The van der Waals surface area contributed by atoms with Gasteiger partial charge in [-0.25, -0.2) is 0 Å². The second-order valence-electron chi connectivity index (χ2n) is 5.69. The highest BCUT2D eigenvalue weighted by atomic mass is 16.5. The fourth-order valence-electron chi connectivity index (χ4n) is 3.16. The minimum Gasteiger partial charge on any atom is -0.493 e. The van der Waals surface area contributed by atoms with Gasteiger partial charge in [-0.3, -0.25) is 4.90 Å². The summed E-state index contributed by atoms with van der Waals surface area (Å²) in [6, 6.07) is 6.37. The van der Waals surface area contributed by atoms with Crippen LogP contribution >= 0.6 is 0 Å². The van der Waals surface area contributed by atoms with E-state index in [2.05, 4.69) is 24.0 Å². The predicted molar refractivity (Wildman–Crippen MR) is 84.0 cm³/mol. The lowest BCUT2D eigenvalue weighted by atomic mass is 9.93. The molecule has 1 N–H and O–H groups in total. The molecule has 1 saturated heterocycles. The molecule has 4 nitrogen and oxygen atoms in total. The highest BCUT2D eigenvalue weighted by Crippen LogP contribution is 2.36. The van der Waals surface area contributed by atoms with Crippen LogP contribution in [0.3, 0.4) is 0 Å². The largest absolute Gasteiger partial charge is 0.493 e. The van der Waals surface area contributed by atoms with Crippen molar-refractivity contribution in [3.63, 3.8) is 0 Å². The number of methoxy groups -OCH3 is 1. The van der Waals surface area contributed by atoms with Gasteiger partial charge in [0.05, 0.1) is 13.7 Å². The van der Waals surface area contributed by atoms with E-state index in [0.717, 1.165) is 24.6 Å². The van der Waals surface area contributed by atoms with Crippen LogP contribution < -0.4 is 9.47 Å². The second kappa shape index (κ2) is 7.66. The van der Waals surface area contributed by atoms with Crippen molar-refractivity contribution in [3.8, 4) is 11.5 Å². The summed E-state index contributed by atoms with van der Waals surface area (Å²) in [4.78, 5) is 2.47. The van der Waals surface area contributed by atoms with Crippen LogP contribution in [0, 0.1) is 5.92 Å². The van der Waals surface area contributed by atoms with Crippen LogP contribution in [-0.2, 0) is 0 Å². The SMILES string of the molecule is CCOc1ccc(C(C(C)CO)N2CCCC2)cc1OC. The third-order valence-corrected chi connectivity index (χ3v) is 4.19. The maximum absolute atomic E-state index is 9.61. The summed E-state index contributed by atoms with van der Waals surface area (Å²) < 4.78 is 11.0. The summed E-state index contributed by atoms with van der Waals surface area (Å²) in [5.74, 6) is 1.75. The Kier molecular flexibility index (Phi) is 5.88. The molecular formula is C17H27NO3. The first-order valence-electron chi connectivity index (χ1n) is 7.86. The molecule has 0 aliphatic carbocycles. The van der Waals surface area contributed by atoms with Gasteiger partial charge in [-0.2, -0.15) is 0 Å². The van der Waals surface area contributed by atoms with E-state index < -0.39 is 0 Å². The van der Waals surface area contributed by atoms with E-state index in [1.807, 2.05) is 13.0 Å². The first-order chi connectivity index (χ1) is 10.2. The molecule has 4 heteroatoms. The zero-order valence-corrected chi connectivity index (χ0v) is 13.3. The Labute approximate surface area is 127 Å². The minimum atomic E-state index is 0.191. The Balaban J connectivity index is 2.30. The topological polar surface area (TPSA) is 41.9 Å². The third-order valence-electron chi connectivity index (χ3n) is 4.19. The molecule has 1 aromatic rings. The van der Waals surface area contributed by atoms with E-state index in [4.69, 9.17) is 9.47 Å². The number of aliphatic hydroxyl groups is 1. The molecule has 0 amide bonds. The van der Waals surface area contributed by atoms with Gasteiger partial charge in [-0.15, -0.1) is 0 Å². The number of aliphatic hydroxyl groups excluding tert-OH is 1. The average Bonchev–Trinajstić information content (AvgIpc) is 3.02. The molecule has 0 saturated carbocycles. The molecule has 0 bridgehead atoms. The highest BCUT2D eigenvalue weighted by molar-refractivity contribution is 5.44. The lowest BCUT2D eigenvalue weighted by Gasteiger charge is -2.32. The molecule has 0 aromatic heterocycles. The fraction of sp³-hybridized carbons (Fsp3) is 0.647. The number of hydrogen-bond acceptors (Lipinski definition) is 4. The Hall–Kier alpha value is -1.26. The summed E-state index contributed by atoms with van der Waals surface area (Å²) >= 11 is 0. The van der Waals surface area contributed by atoms with Gasteiger partial charge in [0.1, 0.15) is 0 Å². The molecule has 1 aromatic carbocycles. The predicted octanol–water partition coefficient (Wildman–Crippen LogP) is 2.86. The first-order valence-corrected chi connectivity index (χ1v) is 7.86. The molecule has 2 rings (SSSR count). The number of nitrogens with zero attached hydrogens (tertiary/aromatic N) is 1. The van der Waals surface area contributed by atoms with Crippen molar-refractivity contribution in [2.24, 2.45) is 5.92 Å². The van der Waals surface area contributed by atoms with Crippen LogP contribution in [0.25, 0.3) is 0 Å². The van der Waals surface area contributed by atoms with Crippen LogP contribution in [0.1, 0.15) is 38.3 Å². The smallest absolute Gasteiger partial charge is 0.161 e. The Bertz CT molecular complexity index is 444. The molecule has 118 valence electrons. The van der Waals surface area contributed by atoms with E-state index in [-0.39, 0.29) is 18.6 Å². The van der Waals surface area contributed by atoms with Crippen LogP contribution in [0.4, 0.5) is 0 Å². The molecule has 0 radical (unpaired) electrons. The maximum Gasteiger partial charge on any atom is 0.161 e. The summed E-state index contributed by atoms with van der Waals surface area (Å²) in [5, 5.41) is 9.61. The fourth-order valence-corrected chi connectivity index (χ4v) is 3.16. The van der Waals surface area contributed by atoms with Gasteiger partial charge in [0.2, 0.25) is 0 Å². The van der Waals surface area contributed by atoms with Gasteiger partial charge in [0.25, 0.3) is 0 Å². The molecular weight excluding hydrogens is 266 g/mol. The number of benzene rings is 1. The molecule has 1 fully saturated rings. The summed E-state index contributed by atoms with van der Waals surface area (Å²) in [7, 11) is 1.67. The van der Waals surface area contributed by atoms with Gasteiger partial charge >= 0.3 is 0 Å². The highest BCUT2D eigenvalue weighted by Gasteiger charge is 2.28. The summed E-state index contributed by atoms with van der Waals surface area (Å²) in [5.41, 5.74) is 1.19. The third kappa shape index (κ3) is 3.69. The Morgan fingerprint density at radius 3 is 2.52 bits per heavy atom. The van der Waals surface area contributed by atoms with Crippen LogP contribution in [0.5, 0.6) is 11.5 Å². The van der Waals surface area contributed by atoms with Gasteiger partial charge in [-0.05, 0) is 56.5 Å².